The number of nitrogens with one attached hydrogen (secondary N) is 1. The lowest BCUT2D eigenvalue weighted by molar-refractivity contribution is -0.384. The standard InChI is InChI=1S/C19H18N4O3/c24-19(13-5-3-7-15(11-13)23(25)26)22-10-4-6-14(12-22)18-20-16-8-1-2-9-17(16)21-18/h1-3,5,7-9,11,14H,4,6,10,12H2,(H,20,21)/t14-/m0/s1. The first kappa shape index (κ1) is 16.3. The zero-order chi connectivity index (χ0) is 18.1. The van der Waals surface area contributed by atoms with Crippen LogP contribution in [-0.2, 0) is 0 Å². The van der Waals surface area contributed by atoms with Gasteiger partial charge in [-0.05, 0) is 31.0 Å². The van der Waals surface area contributed by atoms with Crippen LogP contribution in [0.2, 0.25) is 0 Å². The number of hydrogen-bond acceptors (Lipinski definition) is 4. The molecule has 1 N–H and O–H groups in total. The average Bonchev–Trinajstić information content (AvgIpc) is 3.12. The molecule has 2 aromatic carbocycles. The SMILES string of the molecule is O=C(c1cccc([N+](=O)[O-])c1)N1CCC[C@H](c2nc3ccccc3[nH]2)C1. The Morgan fingerprint density at radius 1 is 1.23 bits per heavy atom. The van der Waals surface area contributed by atoms with E-state index in [1.54, 1.807) is 17.0 Å². The smallest absolute Gasteiger partial charge is 0.270 e. The minimum absolute atomic E-state index is 0.0679. The van der Waals surface area contributed by atoms with E-state index in [1.165, 1.54) is 12.1 Å². The van der Waals surface area contributed by atoms with Crippen LogP contribution in [0.3, 0.4) is 0 Å². The number of carbonyl (C=O) groups excluding carboxylic acids is 1. The van der Waals surface area contributed by atoms with E-state index in [0.717, 1.165) is 29.7 Å². The molecule has 1 aliphatic rings. The normalized spacial score (nSPS) is 17.4. The number of piperidine rings is 1. The first-order chi connectivity index (χ1) is 12.6. The van der Waals surface area contributed by atoms with Crippen LogP contribution in [-0.4, -0.2) is 38.8 Å². The number of benzene rings is 2. The average molecular weight is 350 g/mol. The van der Waals surface area contributed by atoms with Gasteiger partial charge < -0.3 is 9.88 Å². The van der Waals surface area contributed by atoms with Gasteiger partial charge >= 0.3 is 0 Å². The number of aromatic amines is 1. The van der Waals surface area contributed by atoms with Crippen LogP contribution in [0.4, 0.5) is 5.69 Å². The third-order valence-electron chi connectivity index (χ3n) is 4.81. The van der Waals surface area contributed by atoms with Gasteiger partial charge in [-0.3, -0.25) is 14.9 Å². The van der Waals surface area contributed by atoms with Gasteiger partial charge in [-0.15, -0.1) is 0 Å². The Labute approximate surface area is 149 Å². The third-order valence-corrected chi connectivity index (χ3v) is 4.81. The van der Waals surface area contributed by atoms with Crippen LogP contribution in [0.5, 0.6) is 0 Å². The van der Waals surface area contributed by atoms with Crippen molar-refractivity contribution in [3.8, 4) is 0 Å². The predicted octanol–water partition coefficient (Wildman–Crippen LogP) is 3.49. The Kier molecular flexibility index (Phi) is 4.12. The summed E-state index contributed by atoms with van der Waals surface area (Å²) in [5.74, 6) is 0.857. The van der Waals surface area contributed by atoms with Gasteiger partial charge in [0.25, 0.3) is 11.6 Å². The number of hydrogen-bond donors (Lipinski definition) is 1. The van der Waals surface area contributed by atoms with Crippen LogP contribution >= 0.6 is 0 Å². The summed E-state index contributed by atoms with van der Waals surface area (Å²) in [5.41, 5.74) is 2.19. The second-order valence-electron chi connectivity index (χ2n) is 6.54. The summed E-state index contributed by atoms with van der Waals surface area (Å²) in [4.78, 5) is 33.0. The Balaban J connectivity index is 1.55. The molecule has 0 unspecified atom stereocenters. The number of H-pyrrole nitrogens is 1. The van der Waals surface area contributed by atoms with Crippen molar-refractivity contribution in [2.24, 2.45) is 0 Å². The molecule has 2 heterocycles. The molecule has 0 aliphatic carbocycles. The van der Waals surface area contributed by atoms with Crippen LogP contribution in [0.25, 0.3) is 11.0 Å². The summed E-state index contributed by atoms with van der Waals surface area (Å²) < 4.78 is 0. The van der Waals surface area contributed by atoms with E-state index in [2.05, 4.69) is 9.97 Å². The predicted molar refractivity (Wildman–Crippen MR) is 97.1 cm³/mol. The highest BCUT2D eigenvalue weighted by atomic mass is 16.6. The fourth-order valence-electron chi connectivity index (χ4n) is 3.49. The highest BCUT2D eigenvalue weighted by Gasteiger charge is 2.28. The topological polar surface area (TPSA) is 92.1 Å². The van der Waals surface area contributed by atoms with Gasteiger partial charge in [0.15, 0.2) is 0 Å². The summed E-state index contributed by atoms with van der Waals surface area (Å²) in [5, 5.41) is 10.9. The van der Waals surface area contributed by atoms with Gasteiger partial charge in [0, 0.05) is 36.7 Å². The van der Waals surface area contributed by atoms with Crippen molar-refractivity contribution < 1.29 is 9.72 Å². The second-order valence-corrected chi connectivity index (χ2v) is 6.54. The molecule has 1 atom stereocenters. The van der Waals surface area contributed by atoms with Crippen LogP contribution in [0.15, 0.2) is 48.5 Å². The van der Waals surface area contributed by atoms with Crippen molar-refractivity contribution in [2.45, 2.75) is 18.8 Å². The van der Waals surface area contributed by atoms with Crippen LogP contribution in [0.1, 0.15) is 34.9 Å². The molecular weight excluding hydrogens is 332 g/mol. The molecule has 1 aliphatic heterocycles. The van der Waals surface area contributed by atoms with Crippen molar-refractivity contribution in [1.29, 1.82) is 0 Å². The minimum atomic E-state index is -0.482. The summed E-state index contributed by atoms with van der Waals surface area (Å²) in [6, 6.07) is 13.8. The lowest BCUT2D eigenvalue weighted by Gasteiger charge is -2.31. The maximum atomic E-state index is 12.8. The molecular formula is C19H18N4O3. The zero-order valence-corrected chi connectivity index (χ0v) is 14.1. The van der Waals surface area contributed by atoms with E-state index in [0.29, 0.717) is 18.7 Å². The summed E-state index contributed by atoms with van der Waals surface area (Å²) in [7, 11) is 0. The van der Waals surface area contributed by atoms with E-state index < -0.39 is 4.92 Å². The van der Waals surface area contributed by atoms with E-state index in [9.17, 15) is 14.9 Å². The zero-order valence-electron chi connectivity index (χ0n) is 14.1. The van der Waals surface area contributed by atoms with Gasteiger partial charge in [0.05, 0.1) is 16.0 Å². The van der Waals surface area contributed by atoms with Gasteiger partial charge in [0.2, 0.25) is 0 Å². The number of likely N-dealkylation sites (tertiary alicyclic amines) is 1. The Morgan fingerprint density at radius 2 is 2.08 bits per heavy atom. The van der Waals surface area contributed by atoms with Gasteiger partial charge in [0.1, 0.15) is 5.82 Å². The number of rotatable bonds is 3. The lowest BCUT2D eigenvalue weighted by atomic mass is 9.96. The summed E-state index contributed by atoms with van der Waals surface area (Å²) in [6.45, 7) is 1.21. The van der Waals surface area contributed by atoms with Gasteiger partial charge in [-0.25, -0.2) is 4.98 Å². The Bertz CT molecular complexity index is 949. The lowest BCUT2D eigenvalue weighted by Crippen LogP contribution is -2.39. The second kappa shape index (κ2) is 6.59. The number of nitro benzene ring substituents is 1. The number of fused-ring (bicyclic) bond motifs is 1. The molecule has 0 bridgehead atoms. The number of nitro groups is 1. The van der Waals surface area contributed by atoms with Crippen molar-refractivity contribution in [1.82, 2.24) is 14.9 Å². The van der Waals surface area contributed by atoms with Gasteiger partial charge in [-0.1, -0.05) is 18.2 Å². The molecule has 0 radical (unpaired) electrons. The fraction of sp³-hybridized carbons (Fsp3) is 0.263. The van der Waals surface area contributed by atoms with E-state index in [-0.39, 0.29) is 17.5 Å². The maximum Gasteiger partial charge on any atom is 0.270 e. The van der Waals surface area contributed by atoms with Crippen molar-refractivity contribution in [3.05, 3.63) is 70.0 Å². The number of imidazole rings is 1. The highest BCUT2D eigenvalue weighted by Crippen LogP contribution is 2.28. The fourth-order valence-corrected chi connectivity index (χ4v) is 3.49. The molecule has 4 rings (SSSR count). The Hall–Kier alpha value is -3.22. The number of aromatic nitrogens is 2. The van der Waals surface area contributed by atoms with Crippen molar-refractivity contribution in [3.63, 3.8) is 0 Å². The molecule has 1 amide bonds. The minimum Gasteiger partial charge on any atom is -0.342 e. The molecule has 132 valence electrons. The van der Waals surface area contributed by atoms with Crippen LogP contribution in [0, 0.1) is 10.1 Å². The number of carbonyl (C=O) groups is 1. The monoisotopic (exact) mass is 350 g/mol. The third kappa shape index (κ3) is 3.03. The first-order valence-corrected chi connectivity index (χ1v) is 8.60. The van der Waals surface area contributed by atoms with Gasteiger partial charge in [-0.2, -0.15) is 0 Å². The molecule has 1 aromatic heterocycles. The number of non-ortho nitro benzene ring substituents is 1. The molecule has 7 heteroatoms. The quantitative estimate of drug-likeness (QED) is 0.578. The summed E-state index contributed by atoms with van der Waals surface area (Å²) >= 11 is 0. The Morgan fingerprint density at radius 3 is 2.88 bits per heavy atom. The highest BCUT2D eigenvalue weighted by molar-refractivity contribution is 5.95. The number of amides is 1. The van der Waals surface area contributed by atoms with Crippen LogP contribution < -0.4 is 0 Å². The molecule has 0 saturated carbocycles. The molecule has 0 spiro atoms. The molecule has 7 nitrogen and oxygen atoms in total. The molecule has 3 aromatic rings. The van der Waals surface area contributed by atoms with Crippen molar-refractivity contribution >= 4 is 22.6 Å². The van der Waals surface area contributed by atoms with E-state index in [4.69, 9.17) is 0 Å². The molecule has 1 saturated heterocycles. The van der Waals surface area contributed by atoms with E-state index in [1.807, 2.05) is 24.3 Å². The molecule has 1 fully saturated rings. The summed E-state index contributed by atoms with van der Waals surface area (Å²) in [6.07, 6.45) is 1.83. The first-order valence-electron chi connectivity index (χ1n) is 8.60. The molecule has 26 heavy (non-hydrogen) atoms. The number of nitrogens with zero attached hydrogens (tertiary/aromatic N) is 3. The largest absolute Gasteiger partial charge is 0.342 e. The maximum absolute atomic E-state index is 12.8. The van der Waals surface area contributed by atoms with E-state index >= 15 is 0 Å². The number of para-hydroxylation sites is 2. The van der Waals surface area contributed by atoms with Crippen molar-refractivity contribution in [2.75, 3.05) is 13.1 Å².